The third kappa shape index (κ3) is 4.22. The number of hydrogen-bond donors (Lipinski definition) is 1. The van der Waals surface area contributed by atoms with E-state index >= 15 is 0 Å². The van der Waals surface area contributed by atoms with Crippen LogP contribution in [0.3, 0.4) is 0 Å². The van der Waals surface area contributed by atoms with Crippen LogP contribution in [-0.2, 0) is 0 Å². The number of nitrogens with one attached hydrogen (secondary N) is 1. The molecule has 4 nitrogen and oxygen atoms in total. The van der Waals surface area contributed by atoms with Crippen molar-refractivity contribution in [1.29, 1.82) is 0 Å². The summed E-state index contributed by atoms with van der Waals surface area (Å²) >= 11 is 0. The number of hydrogen-bond acceptors (Lipinski definition) is 4. The summed E-state index contributed by atoms with van der Waals surface area (Å²) in [6.45, 7) is 4.05. The average Bonchev–Trinajstić information content (AvgIpc) is 2.69. The lowest BCUT2D eigenvalue weighted by atomic mass is 10.0. The highest BCUT2D eigenvalue weighted by Gasteiger charge is 2.18. The monoisotopic (exact) mass is 360 g/mol. The molecule has 0 radical (unpaired) electrons. The van der Waals surface area contributed by atoms with E-state index in [9.17, 15) is 4.79 Å². The lowest BCUT2D eigenvalue weighted by Gasteiger charge is -2.32. The first-order valence-electron chi connectivity index (χ1n) is 9.46. The maximum Gasteiger partial charge on any atom is 0.338 e. The van der Waals surface area contributed by atoms with Gasteiger partial charge in [0.2, 0.25) is 0 Å². The Labute approximate surface area is 159 Å². The number of piperidine rings is 1. The topological polar surface area (TPSA) is 45.5 Å². The highest BCUT2D eigenvalue weighted by Crippen LogP contribution is 2.25. The van der Waals surface area contributed by atoms with Crippen LogP contribution in [0.15, 0.2) is 70.0 Å². The van der Waals surface area contributed by atoms with Gasteiger partial charge >= 0.3 is 5.63 Å². The highest BCUT2D eigenvalue weighted by atomic mass is 16.4. The molecule has 4 heteroatoms. The zero-order chi connectivity index (χ0) is 18.6. The highest BCUT2D eigenvalue weighted by molar-refractivity contribution is 5.90. The fourth-order valence-electron chi connectivity index (χ4n) is 3.56. The minimum atomic E-state index is -0.308. The molecule has 0 spiro atoms. The van der Waals surface area contributed by atoms with E-state index in [4.69, 9.17) is 4.42 Å². The lowest BCUT2D eigenvalue weighted by molar-refractivity contribution is 0.295. The summed E-state index contributed by atoms with van der Waals surface area (Å²) in [5.74, 6) is 0. The smallest absolute Gasteiger partial charge is 0.338 e. The Morgan fingerprint density at radius 3 is 2.63 bits per heavy atom. The van der Waals surface area contributed by atoms with E-state index in [1.165, 1.54) is 5.56 Å². The summed E-state index contributed by atoms with van der Waals surface area (Å²) in [6.07, 6.45) is 6.41. The van der Waals surface area contributed by atoms with Gasteiger partial charge in [0, 0.05) is 30.6 Å². The van der Waals surface area contributed by atoms with E-state index in [0.717, 1.165) is 42.6 Å². The third-order valence-electron chi connectivity index (χ3n) is 5.06. The van der Waals surface area contributed by atoms with E-state index in [2.05, 4.69) is 52.8 Å². The van der Waals surface area contributed by atoms with Crippen molar-refractivity contribution in [3.63, 3.8) is 0 Å². The number of benzene rings is 2. The number of rotatable bonds is 4. The van der Waals surface area contributed by atoms with Crippen molar-refractivity contribution in [2.45, 2.75) is 25.8 Å². The molecule has 1 saturated heterocycles. The molecule has 1 aromatic heterocycles. The van der Waals surface area contributed by atoms with Gasteiger partial charge in [0.1, 0.15) is 5.58 Å². The zero-order valence-electron chi connectivity index (χ0n) is 15.5. The molecular weight excluding hydrogens is 336 g/mol. The Balaban J connectivity index is 1.42. The first-order valence-corrected chi connectivity index (χ1v) is 9.46. The van der Waals surface area contributed by atoms with Crippen molar-refractivity contribution < 1.29 is 4.42 Å². The molecule has 138 valence electrons. The first-order chi connectivity index (χ1) is 13.2. The van der Waals surface area contributed by atoms with Crippen molar-refractivity contribution in [2.75, 3.05) is 18.4 Å². The molecule has 0 unspecified atom stereocenters. The van der Waals surface area contributed by atoms with Gasteiger partial charge in [0.05, 0.1) is 5.69 Å². The van der Waals surface area contributed by atoms with Crippen LogP contribution in [0.2, 0.25) is 0 Å². The number of nitrogens with zero attached hydrogens (tertiary/aromatic N) is 1. The van der Waals surface area contributed by atoms with E-state index in [0.29, 0.717) is 11.6 Å². The summed E-state index contributed by atoms with van der Waals surface area (Å²) in [4.78, 5) is 14.2. The van der Waals surface area contributed by atoms with Gasteiger partial charge in [0.25, 0.3) is 0 Å². The predicted molar refractivity (Wildman–Crippen MR) is 111 cm³/mol. The summed E-state index contributed by atoms with van der Waals surface area (Å²) in [5, 5.41) is 4.55. The molecule has 1 N–H and O–H groups in total. The molecule has 4 rings (SSSR count). The Morgan fingerprint density at radius 2 is 1.85 bits per heavy atom. The van der Waals surface area contributed by atoms with Crippen LogP contribution >= 0.6 is 0 Å². The second-order valence-electron chi connectivity index (χ2n) is 7.16. The van der Waals surface area contributed by atoms with Crippen molar-refractivity contribution in [3.05, 3.63) is 82.3 Å². The van der Waals surface area contributed by atoms with Gasteiger partial charge in [-0.2, -0.15) is 0 Å². The molecule has 0 atom stereocenters. The average molecular weight is 360 g/mol. The van der Waals surface area contributed by atoms with Crippen molar-refractivity contribution in [1.82, 2.24) is 4.90 Å². The Kier molecular flexibility index (Phi) is 4.97. The molecule has 0 saturated carbocycles. The Hall–Kier alpha value is -3.01. The van der Waals surface area contributed by atoms with Crippen LogP contribution in [-0.4, -0.2) is 24.0 Å². The summed E-state index contributed by atoms with van der Waals surface area (Å²) in [6, 6.07) is 18.2. The van der Waals surface area contributed by atoms with Crippen LogP contribution in [0.5, 0.6) is 0 Å². The normalized spacial score (nSPS) is 15.5. The van der Waals surface area contributed by atoms with E-state index < -0.39 is 0 Å². The molecule has 27 heavy (non-hydrogen) atoms. The van der Waals surface area contributed by atoms with Crippen molar-refractivity contribution >= 4 is 22.7 Å². The molecule has 1 aliphatic rings. The Morgan fingerprint density at radius 1 is 1.07 bits per heavy atom. The molecule has 0 aliphatic carbocycles. The van der Waals surface area contributed by atoms with Gasteiger partial charge < -0.3 is 14.6 Å². The maximum atomic E-state index is 11.9. The van der Waals surface area contributed by atoms with Gasteiger partial charge in [-0.15, -0.1) is 0 Å². The van der Waals surface area contributed by atoms with Crippen LogP contribution in [0.4, 0.5) is 5.69 Å². The van der Waals surface area contributed by atoms with E-state index in [-0.39, 0.29) is 5.63 Å². The van der Waals surface area contributed by atoms with Gasteiger partial charge in [-0.1, -0.05) is 42.0 Å². The minimum Gasteiger partial charge on any atom is -0.423 e. The van der Waals surface area contributed by atoms with Crippen molar-refractivity contribution in [2.24, 2.45) is 0 Å². The number of likely N-dealkylation sites (tertiary alicyclic amines) is 1. The van der Waals surface area contributed by atoms with Gasteiger partial charge in [-0.3, -0.25) is 0 Å². The largest absolute Gasteiger partial charge is 0.423 e. The summed E-state index contributed by atoms with van der Waals surface area (Å²) in [7, 11) is 0. The minimum absolute atomic E-state index is 0.308. The third-order valence-corrected chi connectivity index (χ3v) is 5.06. The lowest BCUT2D eigenvalue weighted by Crippen LogP contribution is -2.36. The maximum absolute atomic E-state index is 11.9. The molecule has 2 heterocycles. The molecule has 1 aliphatic heterocycles. The number of fused-ring (bicyclic) bond motifs is 1. The van der Waals surface area contributed by atoms with Gasteiger partial charge in [0.15, 0.2) is 0 Å². The van der Waals surface area contributed by atoms with Crippen LogP contribution in [0.1, 0.15) is 24.0 Å². The number of aryl methyl sites for hydroxylation is 1. The fraction of sp³-hybridized carbons (Fsp3) is 0.261. The van der Waals surface area contributed by atoms with Gasteiger partial charge in [-0.05, 0) is 49.7 Å². The second-order valence-corrected chi connectivity index (χ2v) is 7.16. The van der Waals surface area contributed by atoms with Crippen LogP contribution < -0.4 is 10.9 Å². The molecule has 1 fully saturated rings. The Bertz CT molecular complexity index is 1000. The molecule has 3 aromatic rings. The molecule has 0 amide bonds. The van der Waals surface area contributed by atoms with E-state index in [1.54, 1.807) is 6.07 Å². The summed E-state index contributed by atoms with van der Waals surface area (Å²) < 4.78 is 5.32. The fourth-order valence-corrected chi connectivity index (χ4v) is 3.56. The molecule has 0 bridgehead atoms. The SMILES string of the molecule is Cc1ccc2oc(=O)cc(NC3CCN(/C=C/c4ccccc4)CC3)c2c1. The quantitative estimate of drug-likeness (QED) is 0.688. The zero-order valence-corrected chi connectivity index (χ0v) is 15.5. The van der Waals surface area contributed by atoms with Crippen molar-refractivity contribution in [3.8, 4) is 0 Å². The first kappa shape index (κ1) is 17.4. The molecular formula is C23H24N2O2. The van der Waals surface area contributed by atoms with E-state index in [1.807, 2.05) is 25.1 Å². The number of anilines is 1. The summed E-state index contributed by atoms with van der Waals surface area (Å²) in [5.41, 5.74) is 3.58. The second kappa shape index (κ2) is 7.70. The van der Waals surface area contributed by atoms with Crippen LogP contribution in [0, 0.1) is 6.92 Å². The standard InChI is InChI=1S/C23H24N2O2/c1-17-7-8-22-20(15-17)21(16-23(26)27-22)24-19-10-13-25(14-11-19)12-9-18-5-3-2-4-6-18/h2-9,12,15-16,19,24H,10-11,13-14H2,1H3/b12-9+. The predicted octanol–water partition coefficient (Wildman–Crippen LogP) is 4.65. The van der Waals surface area contributed by atoms with Gasteiger partial charge in [-0.25, -0.2) is 4.79 Å². The molecule has 2 aromatic carbocycles. The van der Waals surface area contributed by atoms with Crippen LogP contribution in [0.25, 0.3) is 17.0 Å².